The van der Waals surface area contributed by atoms with Gasteiger partial charge in [-0.1, -0.05) is 24.3 Å². The van der Waals surface area contributed by atoms with Gasteiger partial charge in [0.1, 0.15) is 0 Å². The van der Waals surface area contributed by atoms with E-state index in [2.05, 4.69) is 26.7 Å². The number of tetrazole rings is 1. The normalized spacial score (nSPS) is 16.7. The number of nitriles is 1. The molecule has 1 saturated carbocycles. The summed E-state index contributed by atoms with van der Waals surface area (Å²) in [7, 11) is 0. The van der Waals surface area contributed by atoms with Crippen LogP contribution in [0.3, 0.4) is 0 Å². The lowest BCUT2D eigenvalue weighted by Crippen LogP contribution is -2.01. The quantitative estimate of drug-likeness (QED) is 0.814. The molecule has 1 fully saturated rings. The topological polar surface area (TPSA) is 78.2 Å². The molecule has 1 aromatic carbocycles. The van der Waals surface area contributed by atoms with Gasteiger partial charge >= 0.3 is 0 Å². The standard InChI is InChI=1S/C11H9N5/c12-7-11(5-6-11)9-3-1-8(2-4-9)10-13-15-16-14-10/h1-4H,5-6H2,(H,13,14,15,16). The molecule has 1 aliphatic carbocycles. The Hall–Kier alpha value is -2.22. The molecule has 78 valence electrons. The highest BCUT2D eigenvalue weighted by atomic mass is 15.5. The van der Waals surface area contributed by atoms with E-state index in [9.17, 15) is 0 Å². The summed E-state index contributed by atoms with van der Waals surface area (Å²) in [6.45, 7) is 0. The second-order valence-electron chi connectivity index (χ2n) is 4.01. The van der Waals surface area contributed by atoms with Crippen LogP contribution >= 0.6 is 0 Å². The molecule has 5 heteroatoms. The maximum absolute atomic E-state index is 9.07. The Bertz CT molecular complexity index is 531. The Morgan fingerprint density at radius 3 is 2.50 bits per heavy atom. The van der Waals surface area contributed by atoms with Crippen molar-refractivity contribution < 1.29 is 0 Å². The Morgan fingerprint density at radius 1 is 1.25 bits per heavy atom. The number of hydrogen-bond acceptors (Lipinski definition) is 4. The zero-order valence-corrected chi connectivity index (χ0v) is 8.51. The average Bonchev–Trinajstić information content (AvgIpc) is 2.96. The van der Waals surface area contributed by atoms with Crippen LogP contribution in [0, 0.1) is 11.3 Å². The first-order valence-electron chi connectivity index (χ1n) is 5.10. The summed E-state index contributed by atoms with van der Waals surface area (Å²) >= 11 is 0. The zero-order chi connectivity index (χ0) is 11.0. The van der Waals surface area contributed by atoms with Gasteiger partial charge in [0.05, 0.1) is 11.5 Å². The molecule has 0 bridgehead atoms. The molecule has 0 aliphatic heterocycles. The van der Waals surface area contributed by atoms with Crippen LogP contribution in [0.1, 0.15) is 18.4 Å². The van der Waals surface area contributed by atoms with Crippen molar-refractivity contribution in [2.24, 2.45) is 0 Å². The van der Waals surface area contributed by atoms with Crippen LogP contribution in [0.5, 0.6) is 0 Å². The molecule has 0 atom stereocenters. The van der Waals surface area contributed by atoms with E-state index in [1.807, 2.05) is 24.3 Å². The average molecular weight is 211 g/mol. The van der Waals surface area contributed by atoms with Gasteiger partial charge in [-0.2, -0.15) is 10.5 Å². The number of rotatable bonds is 2. The number of H-pyrrole nitrogens is 1. The van der Waals surface area contributed by atoms with E-state index in [4.69, 9.17) is 5.26 Å². The van der Waals surface area contributed by atoms with Crippen molar-refractivity contribution in [3.05, 3.63) is 29.8 Å². The molecular formula is C11H9N5. The summed E-state index contributed by atoms with van der Waals surface area (Å²) in [6, 6.07) is 10.2. The lowest BCUT2D eigenvalue weighted by molar-refractivity contribution is 0.881. The van der Waals surface area contributed by atoms with Gasteiger partial charge in [-0.3, -0.25) is 0 Å². The Labute approximate surface area is 92.1 Å². The molecule has 0 radical (unpaired) electrons. The molecular weight excluding hydrogens is 202 g/mol. The number of nitrogens with zero attached hydrogens (tertiary/aromatic N) is 4. The van der Waals surface area contributed by atoms with Crippen LogP contribution < -0.4 is 0 Å². The first kappa shape index (κ1) is 9.04. The molecule has 1 N–H and O–H groups in total. The largest absolute Gasteiger partial charge is 0.204 e. The van der Waals surface area contributed by atoms with E-state index in [0.717, 1.165) is 24.0 Å². The van der Waals surface area contributed by atoms with Crippen LogP contribution in [0.2, 0.25) is 0 Å². The number of aromatic nitrogens is 4. The molecule has 0 spiro atoms. The predicted molar refractivity (Wildman–Crippen MR) is 56.1 cm³/mol. The maximum Gasteiger partial charge on any atom is 0.204 e. The van der Waals surface area contributed by atoms with E-state index in [-0.39, 0.29) is 5.41 Å². The Morgan fingerprint density at radius 2 is 2.00 bits per heavy atom. The lowest BCUT2D eigenvalue weighted by Gasteiger charge is -2.05. The van der Waals surface area contributed by atoms with Crippen molar-refractivity contribution in [3.63, 3.8) is 0 Å². The summed E-state index contributed by atoms with van der Waals surface area (Å²) < 4.78 is 0. The summed E-state index contributed by atoms with van der Waals surface area (Å²) in [5, 5.41) is 22.8. The minimum atomic E-state index is -0.226. The highest BCUT2D eigenvalue weighted by Crippen LogP contribution is 2.47. The van der Waals surface area contributed by atoms with Gasteiger partial charge in [-0.05, 0) is 23.6 Å². The highest BCUT2D eigenvalue weighted by molar-refractivity contribution is 5.55. The third-order valence-electron chi connectivity index (χ3n) is 3.01. The first-order chi connectivity index (χ1) is 7.84. The van der Waals surface area contributed by atoms with Crippen molar-refractivity contribution in [1.29, 1.82) is 5.26 Å². The van der Waals surface area contributed by atoms with E-state index < -0.39 is 0 Å². The second-order valence-corrected chi connectivity index (χ2v) is 4.01. The zero-order valence-electron chi connectivity index (χ0n) is 8.51. The van der Waals surface area contributed by atoms with Crippen LogP contribution in [-0.2, 0) is 5.41 Å². The molecule has 1 aromatic heterocycles. The van der Waals surface area contributed by atoms with Gasteiger partial charge in [-0.25, -0.2) is 0 Å². The van der Waals surface area contributed by atoms with E-state index in [0.29, 0.717) is 5.82 Å². The van der Waals surface area contributed by atoms with E-state index >= 15 is 0 Å². The van der Waals surface area contributed by atoms with Crippen LogP contribution in [0.15, 0.2) is 24.3 Å². The van der Waals surface area contributed by atoms with Crippen molar-refractivity contribution in [3.8, 4) is 17.5 Å². The van der Waals surface area contributed by atoms with Crippen LogP contribution in [-0.4, -0.2) is 20.6 Å². The molecule has 3 rings (SSSR count). The molecule has 16 heavy (non-hydrogen) atoms. The minimum absolute atomic E-state index is 0.226. The third-order valence-corrected chi connectivity index (χ3v) is 3.01. The van der Waals surface area contributed by atoms with Crippen molar-refractivity contribution >= 4 is 0 Å². The highest BCUT2D eigenvalue weighted by Gasteiger charge is 2.44. The van der Waals surface area contributed by atoms with Crippen molar-refractivity contribution in [2.45, 2.75) is 18.3 Å². The van der Waals surface area contributed by atoms with Gasteiger partial charge in [0, 0.05) is 5.56 Å². The summed E-state index contributed by atoms with van der Waals surface area (Å²) in [6.07, 6.45) is 1.93. The summed E-state index contributed by atoms with van der Waals surface area (Å²) in [5.74, 6) is 0.577. The van der Waals surface area contributed by atoms with Gasteiger partial charge in [0.15, 0.2) is 0 Å². The van der Waals surface area contributed by atoms with Gasteiger partial charge < -0.3 is 0 Å². The molecule has 5 nitrogen and oxygen atoms in total. The third kappa shape index (κ3) is 1.27. The van der Waals surface area contributed by atoms with Crippen molar-refractivity contribution in [1.82, 2.24) is 20.6 Å². The molecule has 0 amide bonds. The molecule has 1 aliphatic rings. The number of aromatic amines is 1. The van der Waals surface area contributed by atoms with E-state index in [1.165, 1.54) is 0 Å². The maximum atomic E-state index is 9.07. The SMILES string of the molecule is N#CC1(c2ccc(-c3nn[nH]n3)cc2)CC1. The number of hydrogen-bond donors (Lipinski definition) is 1. The minimum Gasteiger partial charge on any atom is -0.197 e. The van der Waals surface area contributed by atoms with Crippen molar-refractivity contribution in [2.75, 3.05) is 0 Å². The number of benzene rings is 1. The lowest BCUT2D eigenvalue weighted by atomic mass is 9.97. The Balaban J connectivity index is 1.95. The molecule has 1 heterocycles. The summed E-state index contributed by atoms with van der Waals surface area (Å²) in [4.78, 5) is 0. The fraction of sp³-hybridized carbons (Fsp3) is 0.273. The monoisotopic (exact) mass is 211 g/mol. The summed E-state index contributed by atoms with van der Waals surface area (Å²) in [5.41, 5.74) is 1.77. The molecule has 2 aromatic rings. The fourth-order valence-electron chi connectivity index (χ4n) is 1.81. The predicted octanol–water partition coefficient (Wildman–Crippen LogP) is 1.42. The molecule has 0 saturated heterocycles. The fourth-order valence-corrected chi connectivity index (χ4v) is 1.81. The first-order valence-corrected chi connectivity index (χ1v) is 5.10. The van der Waals surface area contributed by atoms with Gasteiger partial charge in [-0.15, -0.1) is 10.2 Å². The van der Waals surface area contributed by atoms with Gasteiger partial charge in [0.25, 0.3) is 0 Å². The van der Waals surface area contributed by atoms with Gasteiger partial charge in [0.2, 0.25) is 5.82 Å². The van der Waals surface area contributed by atoms with Crippen LogP contribution in [0.25, 0.3) is 11.4 Å². The number of nitrogens with one attached hydrogen (secondary N) is 1. The van der Waals surface area contributed by atoms with Crippen LogP contribution in [0.4, 0.5) is 0 Å². The second kappa shape index (κ2) is 3.14. The molecule has 0 unspecified atom stereocenters. The Kier molecular flexibility index (Phi) is 1.77. The smallest absolute Gasteiger partial charge is 0.197 e. The van der Waals surface area contributed by atoms with E-state index in [1.54, 1.807) is 0 Å².